The molecular weight excluding hydrogens is 448 g/mol. The second-order valence-corrected chi connectivity index (χ2v) is 7.05. The van der Waals surface area contributed by atoms with E-state index in [1.807, 2.05) is 6.92 Å². The van der Waals surface area contributed by atoms with Crippen molar-refractivity contribution in [2.24, 2.45) is 5.41 Å². The minimum Gasteiger partial charge on any atom is -0.460 e. The minimum atomic E-state index is -0.503. The van der Waals surface area contributed by atoms with Crippen LogP contribution >= 0.6 is 0 Å². The molecule has 10 heteroatoms. The topological polar surface area (TPSA) is 116 Å². The van der Waals surface area contributed by atoms with E-state index < -0.39 is 17.9 Å². The lowest BCUT2D eigenvalue weighted by Crippen LogP contribution is -2.34. The summed E-state index contributed by atoms with van der Waals surface area (Å²) in [7, 11) is 0. The number of carbonyl (C=O) groups excluding carboxylic acids is 3. The van der Waals surface area contributed by atoms with Crippen LogP contribution in [0.25, 0.3) is 0 Å². The predicted octanol–water partition coefficient (Wildman–Crippen LogP) is 2.03. The molecule has 0 spiro atoms. The maximum Gasteiger partial charge on any atom is 0.330 e. The number of carbonyl (C=O) groups is 3. The molecule has 0 bridgehead atoms. The fraction of sp³-hybridized carbons (Fsp3) is 0.625. The van der Waals surface area contributed by atoms with Crippen LogP contribution in [0.15, 0.2) is 38.0 Å². The Kier molecular flexibility index (Phi) is 19.5. The molecule has 0 saturated heterocycles. The second kappa shape index (κ2) is 21.0. The van der Waals surface area contributed by atoms with E-state index in [0.717, 1.165) is 24.6 Å². The third-order valence-corrected chi connectivity index (χ3v) is 4.63. The molecule has 0 unspecified atom stereocenters. The summed E-state index contributed by atoms with van der Waals surface area (Å²) in [6.45, 7) is 15.1. The predicted molar refractivity (Wildman–Crippen MR) is 124 cm³/mol. The summed E-state index contributed by atoms with van der Waals surface area (Å²) in [5, 5.41) is 0. The van der Waals surface area contributed by atoms with E-state index in [-0.39, 0.29) is 45.1 Å². The fourth-order valence-electron chi connectivity index (χ4n) is 2.54. The summed E-state index contributed by atoms with van der Waals surface area (Å²) >= 11 is 0. The average Bonchev–Trinajstić information content (AvgIpc) is 2.86. The summed E-state index contributed by atoms with van der Waals surface area (Å²) < 4.78 is 37.1. The Morgan fingerprint density at radius 1 is 0.588 bits per heavy atom. The second-order valence-electron chi connectivity index (χ2n) is 7.05. The number of esters is 3. The molecule has 0 aliphatic heterocycles. The van der Waals surface area contributed by atoms with E-state index in [4.69, 9.17) is 33.2 Å². The van der Waals surface area contributed by atoms with Crippen LogP contribution in [0.5, 0.6) is 0 Å². The van der Waals surface area contributed by atoms with E-state index in [2.05, 4.69) is 19.7 Å². The van der Waals surface area contributed by atoms with Crippen molar-refractivity contribution in [1.82, 2.24) is 0 Å². The van der Waals surface area contributed by atoms with Crippen molar-refractivity contribution >= 4 is 17.9 Å². The minimum absolute atomic E-state index is 0.124. The highest BCUT2D eigenvalue weighted by atomic mass is 16.6. The monoisotopic (exact) mass is 486 g/mol. The Balaban J connectivity index is 4.37. The molecule has 0 heterocycles. The first-order valence-corrected chi connectivity index (χ1v) is 11.1. The molecule has 0 amide bonds. The molecule has 0 aliphatic carbocycles. The molecule has 0 aromatic carbocycles. The number of hydrogen-bond acceptors (Lipinski definition) is 10. The van der Waals surface area contributed by atoms with Gasteiger partial charge in [0, 0.05) is 30.2 Å². The fourth-order valence-corrected chi connectivity index (χ4v) is 2.54. The molecule has 0 radical (unpaired) electrons. The van der Waals surface area contributed by atoms with Gasteiger partial charge in [-0.1, -0.05) is 26.7 Å². The molecule has 0 saturated carbocycles. The Morgan fingerprint density at radius 2 is 0.941 bits per heavy atom. The number of hydrogen-bond donors (Lipinski definition) is 0. The molecule has 10 nitrogen and oxygen atoms in total. The molecular formula is C24H38O10. The summed E-state index contributed by atoms with van der Waals surface area (Å²) in [6, 6.07) is 0. The van der Waals surface area contributed by atoms with Crippen molar-refractivity contribution in [3.63, 3.8) is 0 Å². The number of rotatable bonds is 23. The van der Waals surface area contributed by atoms with Gasteiger partial charge in [-0.3, -0.25) is 0 Å². The first kappa shape index (κ1) is 31.5. The normalized spacial score (nSPS) is 10.9. The van der Waals surface area contributed by atoms with Gasteiger partial charge in [0.05, 0.1) is 46.2 Å². The maximum atomic E-state index is 11.1. The van der Waals surface area contributed by atoms with Gasteiger partial charge < -0.3 is 33.2 Å². The molecule has 0 fully saturated rings. The SMILES string of the molecule is C=CC(=O)OCCOCCOCCC(CC)(COCCOC(=O)C=C)COCCOC(=O)C=C. The van der Waals surface area contributed by atoms with Gasteiger partial charge in [-0.25, -0.2) is 14.4 Å². The zero-order chi connectivity index (χ0) is 25.5. The Hall–Kier alpha value is -2.53. The molecule has 0 N–H and O–H groups in total. The number of ether oxygens (including phenoxy) is 7. The van der Waals surface area contributed by atoms with Gasteiger partial charge in [0.15, 0.2) is 0 Å². The van der Waals surface area contributed by atoms with Crippen molar-refractivity contribution < 1.29 is 47.5 Å². The summed E-state index contributed by atoms with van der Waals surface area (Å²) in [5.74, 6) is -1.49. The molecule has 0 aromatic heterocycles. The van der Waals surface area contributed by atoms with Crippen LogP contribution < -0.4 is 0 Å². The largest absolute Gasteiger partial charge is 0.460 e. The highest BCUT2D eigenvalue weighted by molar-refractivity contribution is 5.81. The highest BCUT2D eigenvalue weighted by Crippen LogP contribution is 2.28. The van der Waals surface area contributed by atoms with Crippen LogP contribution in [0.4, 0.5) is 0 Å². The van der Waals surface area contributed by atoms with Crippen LogP contribution in [0, 0.1) is 5.41 Å². The lowest BCUT2D eigenvalue weighted by molar-refractivity contribution is -0.140. The van der Waals surface area contributed by atoms with Gasteiger partial charge in [0.25, 0.3) is 0 Å². The third-order valence-electron chi connectivity index (χ3n) is 4.63. The van der Waals surface area contributed by atoms with E-state index >= 15 is 0 Å². The molecule has 0 rings (SSSR count). The van der Waals surface area contributed by atoms with Gasteiger partial charge in [0.2, 0.25) is 0 Å². The van der Waals surface area contributed by atoms with E-state index in [1.165, 1.54) is 0 Å². The van der Waals surface area contributed by atoms with Crippen LogP contribution in [0.1, 0.15) is 19.8 Å². The van der Waals surface area contributed by atoms with Gasteiger partial charge in [-0.05, 0) is 12.8 Å². The lowest BCUT2D eigenvalue weighted by atomic mass is 9.83. The summed E-state index contributed by atoms with van der Waals surface area (Å²) in [5.41, 5.74) is -0.343. The first-order chi connectivity index (χ1) is 16.4. The van der Waals surface area contributed by atoms with Crippen molar-refractivity contribution in [2.45, 2.75) is 19.8 Å². The highest BCUT2D eigenvalue weighted by Gasteiger charge is 2.29. The standard InChI is InChI=1S/C24H38O10/c1-5-21(25)32-16-13-29-12-11-28-10-9-24(8-4,19-30-14-17-33-22(26)6-2)20-31-15-18-34-23(27)7-3/h5-7H,1-3,8-20H2,4H3. The molecule has 0 aliphatic rings. The Labute approximate surface area is 201 Å². The van der Waals surface area contributed by atoms with Crippen LogP contribution in [0.3, 0.4) is 0 Å². The van der Waals surface area contributed by atoms with Crippen LogP contribution in [-0.2, 0) is 47.5 Å². The van der Waals surface area contributed by atoms with Gasteiger partial charge >= 0.3 is 17.9 Å². The molecule has 34 heavy (non-hydrogen) atoms. The third kappa shape index (κ3) is 17.0. The molecule has 0 atom stereocenters. The summed E-state index contributed by atoms with van der Waals surface area (Å²) in [6.07, 6.45) is 4.69. The molecule has 194 valence electrons. The van der Waals surface area contributed by atoms with Gasteiger partial charge in [-0.15, -0.1) is 0 Å². The van der Waals surface area contributed by atoms with Crippen molar-refractivity contribution in [2.75, 3.05) is 72.7 Å². The van der Waals surface area contributed by atoms with Crippen LogP contribution in [-0.4, -0.2) is 90.6 Å². The first-order valence-electron chi connectivity index (χ1n) is 11.1. The quantitative estimate of drug-likeness (QED) is 0.0919. The van der Waals surface area contributed by atoms with E-state index in [1.54, 1.807) is 0 Å². The Morgan fingerprint density at radius 3 is 1.32 bits per heavy atom. The lowest BCUT2D eigenvalue weighted by Gasteiger charge is -2.32. The van der Waals surface area contributed by atoms with Gasteiger partial charge in [-0.2, -0.15) is 0 Å². The Bertz CT molecular complexity index is 587. The zero-order valence-electron chi connectivity index (χ0n) is 20.1. The van der Waals surface area contributed by atoms with E-state index in [9.17, 15) is 14.4 Å². The van der Waals surface area contributed by atoms with Crippen LogP contribution in [0.2, 0.25) is 0 Å². The van der Waals surface area contributed by atoms with E-state index in [0.29, 0.717) is 39.5 Å². The zero-order valence-corrected chi connectivity index (χ0v) is 20.1. The maximum absolute atomic E-state index is 11.1. The average molecular weight is 487 g/mol. The van der Waals surface area contributed by atoms with Gasteiger partial charge in [0.1, 0.15) is 19.8 Å². The van der Waals surface area contributed by atoms with Crippen molar-refractivity contribution in [1.29, 1.82) is 0 Å². The summed E-state index contributed by atoms with van der Waals surface area (Å²) in [4.78, 5) is 33.2. The molecule has 0 aromatic rings. The van der Waals surface area contributed by atoms with Crippen molar-refractivity contribution in [3.8, 4) is 0 Å². The smallest absolute Gasteiger partial charge is 0.330 e. The van der Waals surface area contributed by atoms with Crippen molar-refractivity contribution in [3.05, 3.63) is 38.0 Å².